The molecule has 1 aromatic rings. The van der Waals surface area contributed by atoms with Crippen LogP contribution in [0.5, 0.6) is 0 Å². The predicted octanol–water partition coefficient (Wildman–Crippen LogP) is 2.76. The minimum Gasteiger partial charge on any atom is -0.380 e. The summed E-state index contributed by atoms with van der Waals surface area (Å²) >= 11 is 0. The third kappa shape index (κ3) is 5.61. The van der Waals surface area contributed by atoms with E-state index in [9.17, 15) is 8.42 Å². The van der Waals surface area contributed by atoms with Gasteiger partial charge in [-0.2, -0.15) is 0 Å². The molecule has 0 aromatic heterocycles. The van der Waals surface area contributed by atoms with E-state index in [0.29, 0.717) is 36.5 Å². The third-order valence-electron chi connectivity index (χ3n) is 2.85. The first-order valence-corrected chi connectivity index (χ1v) is 8.48. The largest absolute Gasteiger partial charge is 0.380 e. The van der Waals surface area contributed by atoms with Gasteiger partial charge in [-0.05, 0) is 29.5 Å². The number of nitrogens with one attached hydrogen (secondary N) is 1. The monoisotopic (exact) mass is 299 g/mol. The van der Waals surface area contributed by atoms with Crippen molar-refractivity contribution < 1.29 is 13.2 Å². The van der Waals surface area contributed by atoms with Gasteiger partial charge in [0.15, 0.2) is 0 Å². The number of rotatable bonds is 8. The highest BCUT2D eigenvalue weighted by atomic mass is 32.2. The zero-order valence-electron chi connectivity index (χ0n) is 12.7. The van der Waals surface area contributed by atoms with Crippen LogP contribution in [0.4, 0.5) is 0 Å². The highest BCUT2D eigenvalue weighted by Crippen LogP contribution is 2.17. The van der Waals surface area contributed by atoms with Gasteiger partial charge in [0.25, 0.3) is 0 Å². The van der Waals surface area contributed by atoms with Crippen molar-refractivity contribution >= 4 is 10.0 Å². The standard InChI is InChI=1S/C15H25NO3S/c1-12(2)11-19-10-9-16-20(17,18)15-7-5-14(6-8-15)13(3)4/h5-8,12-13,16H,9-11H2,1-4H3. The van der Waals surface area contributed by atoms with Gasteiger partial charge >= 0.3 is 0 Å². The summed E-state index contributed by atoms with van der Waals surface area (Å²) in [5.41, 5.74) is 1.13. The Morgan fingerprint density at radius 2 is 1.70 bits per heavy atom. The molecular formula is C15H25NO3S. The lowest BCUT2D eigenvalue weighted by atomic mass is 10.0. The number of hydrogen-bond donors (Lipinski definition) is 1. The van der Waals surface area contributed by atoms with Crippen molar-refractivity contribution in [3.05, 3.63) is 29.8 Å². The van der Waals surface area contributed by atoms with E-state index in [4.69, 9.17) is 4.74 Å². The number of sulfonamides is 1. The van der Waals surface area contributed by atoms with Crippen LogP contribution >= 0.6 is 0 Å². The molecule has 20 heavy (non-hydrogen) atoms. The second kappa shape index (κ2) is 7.76. The molecule has 0 heterocycles. The second-order valence-corrected chi connectivity index (χ2v) is 7.36. The molecule has 0 saturated heterocycles. The first kappa shape index (κ1) is 17.1. The molecule has 0 radical (unpaired) electrons. The molecule has 0 spiro atoms. The average Bonchev–Trinajstić information content (AvgIpc) is 2.38. The van der Waals surface area contributed by atoms with Crippen molar-refractivity contribution in [1.29, 1.82) is 0 Å². The zero-order valence-corrected chi connectivity index (χ0v) is 13.5. The Morgan fingerprint density at radius 3 is 2.20 bits per heavy atom. The summed E-state index contributed by atoms with van der Waals surface area (Å²) in [6, 6.07) is 7.00. The molecule has 0 aliphatic heterocycles. The van der Waals surface area contributed by atoms with Gasteiger partial charge in [0, 0.05) is 13.2 Å². The first-order chi connectivity index (χ1) is 9.33. The molecule has 0 bridgehead atoms. The molecule has 5 heteroatoms. The molecule has 1 N–H and O–H groups in total. The molecule has 114 valence electrons. The maximum Gasteiger partial charge on any atom is 0.240 e. The van der Waals surface area contributed by atoms with Crippen LogP contribution in [0.15, 0.2) is 29.2 Å². The fraction of sp³-hybridized carbons (Fsp3) is 0.600. The van der Waals surface area contributed by atoms with Gasteiger partial charge in [0.1, 0.15) is 0 Å². The molecule has 0 amide bonds. The molecule has 1 aromatic carbocycles. The molecule has 0 saturated carbocycles. The fourth-order valence-corrected chi connectivity index (χ4v) is 2.70. The van der Waals surface area contributed by atoms with Gasteiger partial charge in [-0.1, -0.05) is 39.8 Å². The lowest BCUT2D eigenvalue weighted by Gasteiger charge is -2.10. The van der Waals surface area contributed by atoms with Gasteiger partial charge < -0.3 is 4.74 Å². The van der Waals surface area contributed by atoms with Gasteiger partial charge in [-0.25, -0.2) is 13.1 Å². The topological polar surface area (TPSA) is 55.4 Å². The van der Waals surface area contributed by atoms with E-state index in [1.54, 1.807) is 12.1 Å². The SMILES string of the molecule is CC(C)COCCNS(=O)(=O)c1ccc(C(C)C)cc1. The van der Waals surface area contributed by atoms with Crippen LogP contribution in [0.3, 0.4) is 0 Å². The first-order valence-electron chi connectivity index (χ1n) is 7.00. The molecule has 0 aliphatic carbocycles. The summed E-state index contributed by atoms with van der Waals surface area (Å²) in [4.78, 5) is 0.297. The van der Waals surface area contributed by atoms with Crippen LogP contribution in [0.1, 0.15) is 39.2 Å². The molecule has 0 fully saturated rings. The number of ether oxygens (including phenoxy) is 1. The van der Waals surface area contributed by atoms with Crippen LogP contribution < -0.4 is 4.72 Å². The van der Waals surface area contributed by atoms with Crippen LogP contribution in [-0.2, 0) is 14.8 Å². The van der Waals surface area contributed by atoms with Crippen molar-refractivity contribution in [2.75, 3.05) is 19.8 Å². The molecular weight excluding hydrogens is 274 g/mol. The Kier molecular flexibility index (Phi) is 6.65. The summed E-state index contributed by atoms with van der Waals surface area (Å²) in [5, 5.41) is 0. The highest BCUT2D eigenvalue weighted by molar-refractivity contribution is 7.89. The van der Waals surface area contributed by atoms with Gasteiger partial charge in [0.2, 0.25) is 10.0 Å². The van der Waals surface area contributed by atoms with E-state index >= 15 is 0 Å². The molecule has 1 rings (SSSR count). The Bertz CT molecular complexity index is 492. The van der Waals surface area contributed by atoms with Gasteiger partial charge in [-0.15, -0.1) is 0 Å². The van der Waals surface area contributed by atoms with Crippen LogP contribution in [0.2, 0.25) is 0 Å². The smallest absolute Gasteiger partial charge is 0.240 e. The van der Waals surface area contributed by atoms with Crippen molar-refractivity contribution in [2.24, 2.45) is 5.92 Å². The van der Waals surface area contributed by atoms with E-state index in [1.807, 2.05) is 12.1 Å². The molecule has 4 nitrogen and oxygen atoms in total. The Morgan fingerprint density at radius 1 is 1.10 bits per heavy atom. The van der Waals surface area contributed by atoms with E-state index in [0.717, 1.165) is 5.56 Å². The van der Waals surface area contributed by atoms with Gasteiger partial charge in [-0.3, -0.25) is 0 Å². The van der Waals surface area contributed by atoms with E-state index in [2.05, 4.69) is 32.4 Å². The number of benzene rings is 1. The summed E-state index contributed by atoms with van der Waals surface area (Å²) < 4.78 is 32.0. The molecule has 0 aliphatic rings. The number of hydrogen-bond acceptors (Lipinski definition) is 3. The van der Waals surface area contributed by atoms with Gasteiger partial charge in [0.05, 0.1) is 11.5 Å². The van der Waals surface area contributed by atoms with Crippen molar-refractivity contribution in [2.45, 2.75) is 38.5 Å². The maximum atomic E-state index is 12.0. The Balaban J connectivity index is 2.52. The van der Waals surface area contributed by atoms with Crippen molar-refractivity contribution in [3.63, 3.8) is 0 Å². The Hall–Kier alpha value is -0.910. The maximum absolute atomic E-state index is 12.0. The minimum absolute atomic E-state index is 0.293. The average molecular weight is 299 g/mol. The van der Waals surface area contributed by atoms with E-state index in [1.165, 1.54) is 0 Å². The third-order valence-corrected chi connectivity index (χ3v) is 4.32. The minimum atomic E-state index is -3.43. The van der Waals surface area contributed by atoms with Crippen molar-refractivity contribution in [1.82, 2.24) is 4.72 Å². The zero-order chi connectivity index (χ0) is 15.2. The van der Waals surface area contributed by atoms with E-state index < -0.39 is 10.0 Å². The lowest BCUT2D eigenvalue weighted by Crippen LogP contribution is -2.27. The normalized spacial score (nSPS) is 12.3. The summed E-state index contributed by atoms with van der Waals surface area (Å²) in [6.07, 6.45) is 0. The quantitative estimate of drug-likeness (QED) is 0.751. The summed E-state index contributed by atoms with van der Waals surface area (Å²) in [7, 11) is -3.43. The lowest BCUT2D eigenvalue weighted by molar-refractivity contribution is 0.114. The highest BCUT2D eigenvalue weighted by Gasteiger charge is 2.13. The van der Waals surface area contributed by atoms with E-state index in [-0.39, 0.29) is 0 Å². The van der Waals surface area contributed by atoms with Crippen molar-refractivity contribution in [3.8, 4) is 0 Å². The molecule has 0 atom stereocenters. The van der Waals surface area contributed by atoms with Crippen LogP contribution in [0.25, 0.3) is 0 Å². The van der Waals surface area contributed by atoms with Crippen LogP contribution in [-0.4, -0.2) is 28.2 Å². The molecule has 0 unspecified atom stereocenters. The fourth-order valence-electron chi connectivity index (χ4n) is 1.68. The predicted molar refractivity (Wildman–Crippen MR) is 81.4 cm³/mol. The Labute approximate surface area is 122 Å². The second-order valence-electron chi connectivity index (χ2n) is 5.59. The summed E-state index contributed by atoms with van der Waals surface area (Å²) in [6.45, 7) is 9.59. The van der Waals surface area contributed by atoms with Crippen LogP contribution in [0, 0.1) is 5.92 Å². The summed E-state index contributed by atoms with van der Waals surface area (Å²) in [5.74, 6) is 0.847.